The van der Waals surface area contributed by atoms with Crippen molar-refractivity contribution in [3.05, 3.63) is 54.3 Å². The van der Waals surface area contributed by atoms with Crippen molar-refractivity contribution in [3.8, 4) is 0 Å². The van der Waals surface area contributed by atoms with Gasteiger partial charge in [-0.2, -0.15) is 0 Å². The van der Waals surface area contributed by atoms with Gasteiger partial charge in [0.2, 0.25) is 0 Å². The summed E-state index contributed by atoms with van der Waals surface area (Å²) in [5.41, 5.74) is 7.97. The predicted molar refractivity (Wildman–Crippen MR) is 109 cm³/mol. The van der Waals surface area contributed by atoms with Crippen LogP contribution >= 0.6 is 47.0 Å². The van der Waals surface area contributed by atoms with Gasteiger partial charge in [-0.25, -0.2) is 20.6 Å². The number of thioether (sulfide) groups is 4. The van der Waals surface area contributed by atoms with E-state index >= 15 is 0 Å². The molecule has 1 fully saturated rings. The van der Waals surface area contributed by atoms with E-state index in [1.165, 1.54) is 18.5 Å². The standard InChI is InChI=1S/C15H15N5OS4/c1-19-15(21)20(2)18-12(17-19)10-5-3-4-9(16-10)11-8-24-14(25-11)13-22-6-7-23-13/h3-8,12,17-18H,1-2H3. The number of carbonyl (C=O) groups excluding carboxylic acids is 1. The Morgan fingerprint density at radius 3 is 2.48 bits per heavy atom. The summed E-state index contributed by atoms with van der Waals surface area (Å²) in [6.45, 7) is 0. The fraction of sp³-hybridized carbons (Fsp3) is 0.200. The number of hydrazine groups is 2. The number of amides is 2. The van der Waals surface area contributed by atoms with Crippen LogP contribution in [-0.4, -0.2) is 35.1 Å². The van der Waals surface area contributed by atoms with E-state index in [9.17, 15) is 4.79 Å². The molecule has 1 aromatic heterocycles. The quantitative estimate of drug-likeness (QED) is 0.762. The lowest BCUT2D eigenvalue weighted by molar-refractivity contribution is 0.0566. The molecule has 130 valence electrons. The van der Waals surface area contributed by atoms with Gasteiger partial charge in [0.05, 0.1) is 19.9 Å². The first-order valence-electron chi connectivity index (χ1n) is 7.40. The van der Waals surface area contributed by atoms with E-state index in [-0.39, 0.29) is 12.2 Å². The van der Waals surface area contributed by atoms with E-state index in [0.29, 0.717) is 0 Å². The Morgan fingerprint density at radius 1 is 1.04 bits per heavy atom. The van der Waals surface area contributed by atoms with Gasteiger partial charge < -0.3 is 0 Å². The second kappa shape index (κ2) is 7.29. The van der Waals surface area contributed by atoms with Crippen molar-refractivity contribution in [3.63, 3.8) is 0 Å². The molecule has 0 atom stereocenters. The Hall–Kier alpha value is -1.04. The second-order valence-electron chi connectivity index (χ2n) is 5.32. The van der Waals surface area contributed by atoms with Crippen LogP contribution in [0.4, 0.5) is 4.79 Å². The highest BCUT2D eigenvalue weighted by molar-refractivity contribution is 8.35. The van der Waals surface area contributed by atoms with Gasteiger partial charge in [-0.15, -0.1) is 0 Å². The van der Waals surface area contributed by atoms with Gasteiger partial charge in [0, 0.05) is 19.0 Å². The SMILES string of the molecule is CN1NC(c2cccc(C3=CSC(=C4SC=CS4)S3)n2)NN(C)C1=O. The average Bonchev–Trinajstić information content (AvgIpc) is 3.30. The number of pyridine rings is 1. The maximum Gasteiger partial charge on any atom is 0.348 e. The van der Waals surface area contributed by atoms with E-state index < -0.39 is 0 Å². The molecule has 3 aliphatic heterocycles. The summed E-state index contributed by atoms with van der Waals surface area (Å²) < 4.78 is 2.64. The number of carbonyl (C=O) groups is 1. The molecular formula is C15H15N5OS4. The van der Waals surface area contributed by atoms with Crippen LogP contribution in [0.5, 0.6) is 0 Å². The smallest absolute Gasteiger partial charge is 0.260 e. The van der Waals surface area contributed by atoms with E-state index in [1.54, 1.807) is 61.1 Å². The first kappa shape index (κ1) is 17.4. The van der Waals surface area contributed by atoms with Crippen LogP contribution in [0.3, 0.4) is 0 Å². The van der Waals surface area contributed by atoms with Gasteiger partial charge in [-0.1, -0.05) is 53.1 Å². The molecule has 0 unspecified atom stereocenters. The first-order valence-corrected chi connectivity index (χ1v) is 10.9. The minimum atomic E-state index is -0.254. The van der Waals surface area contributed by atoms with Crippen molar-refractivity contribution < 1.29 is 4.79 Å². The number of nitrogens with one attached hydrogen (secondary N) is 2. The highest BCUT2D eigenvalue weighted by atomic mass is 32.2. The van der Waals surface area contributed by atoms with Gasteiger partial charge in [-0.3, -0.25) is 10.0 Å². The van der Waals surface area contributed by atoms with Crippen LogP contribution in [0, 0.1) is 0 Å². The highest BCUT2D eigenvalue weighted by Gasteiger charge is 2.28. The van der Waals surface area contributed by atoms with Crippen molar-refractivity contribution in [2.75, 3.05) is 14.1 Å². The number of urea groups is 1. The summed E-state index contributed by atoms with van der Waals surface area (Å²) in [7, 11) is 3.40. The maximum atomic E-state index is 11.8. The predicted octanol–water partition coefficient (Wildman–Crippen LogP) is 3.94. The number of aromatic nitrogens is 1. The molecule has 0 bridgehead atoms. The molecule has 0 radical (unpaired) electrons. The lowest BCUT2D eigenvalue weighted by atomic mass is 10.2. The van der Waals surface area contributed by atoms with Gasteiger partial charge >= 0.3 is 6.03 Å². The second-order valence-corrected chi connectivity index (χ2v) is 9.61. The maximum absolute atomic E-state index is 11.8. The van der Waals surface area contributed by atoms with Crippen molar-refractivity contribution >= 4 is 58.0 Å². The molecule has 6 nitrogen and oxygen atoms in total. The number of nitrogens with zero attached hydrogens (tertiary/aromatic N) is 3. The van der Waals surface area contributed by atoms with E-state index in [1.807, 2.05) is 18.2 Å². The number of hydrogen-bond donors (Lipinski definition) is 2. The highest BCUT2D eigenvalue weighted by Crippen LogP contribution is 2.55. The molecule has 3 aliphatic rings. The lowest BCUT2D eigenvalue weighted by Gasteiger charge is -2.37. The zero-order valence-corrected chi connectivity index (χ0v) is 16.7. The van der Waals surface area contributed by atoms with Crippen LogP contribution in [0.1, 0.15) is 17.6 Å². The molecule has 2 N–H and O–H groups in total. The van der Waals surface area contributed by atoms with E-state index in [4.69, 9.17) is 4.98 Å². The van der Waals surface area contributed by atoms with E-state index in [2.05, 4.69) is 27.1 Å². The summed E-state index contributed by atoms with van der Waals surface area (Å²) in [5, 5.41) is 9.29. The molecule has 1 aromatic rings. The monoisotopic (exact) mass is 409 g/mol. The van der Waals surface area contributed by atoms with Crippen molar-refractivity contribution in [1.29, 1.82) is 0 Å². The normalized spacial score (nSPS) is 21.5. The number of rotatable bonds is 2. The van der Waals surface area contributed by atoms with Gasteiger partial charge in [-0.05, 0) is 28.4 Å². The molecule has 1 saturated heterocycles. The fourth-order valence-electron chi connectivity index (χ4n) is 2.39. The first-order chi connectivity index (χ1) is 12.1. The third kappa shape index (κ3) is 3.60. The summed E-state index contributed by atoms with van der Waals surface area (Å²) in [4.78, 5) is 17.8. The zero-order chi connectivity index (χ0) is 17.4. The summed E-state index contributed by atoms with van der Waals surface area (Å²) in [5.74, 6) is 0. The van der Waals surface area contributed by atoms with E-state index in [0.717, 1.165) is 16.3 Å². The Morgan fingerprint density at radius 2 is 1.76 bits per heavy atom. The third-order valence-electron chi connectivity index (χ3n) is 3.59. The van der Waals surface area contributed by atoms with Crippen LogP contribution in [0.25, 0.3) is 4.91 Å². The average molecular weight is 410 g/mol. The van der Waals surface area contributed by atoms with Crippen molar-refractivity contribution in [2.45, 2.75) is 6.17 Å². The van der Waals surface area contributed by atoms with Crippen LogP contribution in [0.15, 0.2) is 42.9 Å². The molecule has 0 saturated carbocycles. The van der Waals surface area contributed by atoms with Crippen LogP contribution in [-0.2, 0) is 0 Å². The van der Waals surface area contributed by atoms with Crippen LogP contribution in [0.2, 0.25) is 0 Å². The largest absolute Gasteiger partial charge is 0.348 e. The Kier molecular flexibility index (Phi) is 5.07. The van der Waals surface area contributed by atoms with Crippen molar-refractivity contribution in [2.24, 2.45) is 0 Å². The third-order valence-corrected chi connectivity index (χ3v) is 8.63. The topological polar surface area (TPSA) is 60.5 Å². The summed E-state index contributed by atoms with van der Waals surface area (Å²) in [6, 6.07) is 5.82. The molecule has 0 aromatic carbocycles. The molecule has 0 aliphatic carbocycles. The minimum absolute atomic E-state index is 0.144. The molecule has 10 heteroatoms. The van der Waals surface area contributed by atoms with Crippen molar-refractivity contribution in [1.82, 2.24) is 25.9 Å². The molecule has 4 rings (SSSR count). The lowest BCUT2D eigenvalue weighted by Crippen LogP contribution is -2.62. The zero-order valence-electron chi connectivity index (χ0n) is 13.4. The van der Waals surface area contributed by atoms with Gasteiger partial charge in [0.15, 0.2) is 0 Å². The Labute approximate surface area is 162 Å². The summed E-state index contributed by atoms with van der Waals surface area (Å²) in [6.07, 6.45) is -0.254. The molecular weight excluding hydrogens is 394 g/mol. The summed E-state index contributed by atoms with van der Waals surface area (Å²) >= 11 is 7.05. The van der Waals surface area contributed by atoms with Crippen LogP contribution < -0.4 is 10.9 Å². The Bertz CT molecular complexity index is 785. The van der Waals surface area contributed by atoms with Gasteiger partial charge in [0.25, 0.3) is 0 Å². The molecule has 4 heterocycles. The molecule has 25 heavy (non-hydrogen) atoms. The Balaban J connectivity index is 1.53. The fourth-order valence-corrected chi connectivity index (χ4v) is 6.82. The molecule has 0 spiro atoms. The number of hydrogen-bond acceptors (Lipinski definition) is 8. The minimum Gasteiger partial charge on any atom is -0.260 e. The molecule has 2 amide bonds. The van der Waals surface area contributed by atoms with Gasteiger partial charge in [0.1, 0.15) is 6.17 Å².